The number of carbonyl (C=O) groups is 1. The first-order valence-electron chi connectivity index (χ1n) is 8.94. The summed E-state index contributed by atoms with van der Waals surface area (Å²) in [6.07, 6.45) is 1.16. The summed E-state index contributed by atoms with van der Waals surface area (Å²) in [5.74, 6) is 0.815. The van der Waals surface area contributed by atoms with Crippen molar-refractivity contribution in [3.8, 4) is 11.3 Å². The van der Waals surface area contributed by atoms with Gasteiger partial charge in [0.25, 0.3) is 5.91 Å². The topological polar surface area (TPSA) is 38.1 Å². The van der Waals surface area contributed by atoms with Crippen molar-refractivity contribution in [2.75, 3.05) is 13.1 Å². The van der Waals surface area contributed by atoms with Gasteiger partial charge in [0.2, 0.25) is 0 Å². The van der Waals surface area contributed by atoms with E-state index in [1.807, 2.05) is 18.0 Å². The Morgan fingerprint density at radius 2 is 1.92 bits per heavy atom. The molecule has 1 saturated heterocycles. The minimum Gasteiger partial charge on any atom is -0.337 e. The summed E-state index contributed by atoms with van der Waals surface area (Å²) in [7, 11) is 1.84. The molecule has 1 amide bonds. The number of fused-ring (bicyclic) bond motifs is 1. The van der Waals surface area contributed by atoms with Crippen molar-refractivity contribution < 1.29 is 9.18 Å². The maximum Gasteiger partial charge on any atom is 0.264 e. The van der Waals surface area contributed by atoms with Gasteiger partial charge in [-0.3, -0.25) is 9.48 Å². The van der Waals surface area contributed by atoms with E-state index in [1.54, 1.807) is 22.9 Å². The van der Waals surface area contributed by atoms with Crippen molar-refractivity contribution in [2.45, 2.75) is 20.3 Å². The summed E-state index contributed by atoms with van der Waals surface area (Å²) in [5, 5.41) is 5.32. The lowest BCUT2D eigenvalue weighted by atomic mass is 9.92. The van der Waals surface area contributed by atoms with Crippen LogP contribution in [0.5, 0.6) is 0 Å². The zero-order valence-corrected chi connectivity index (χ0v) is 16.0. The summed E-state index contributed by atoms with van der Waals surface area (Å²) in [6.45, 7) is 5.99. The zero-order valence-electron chi connectivity index (χ0n) is 15.2. The highest BCUT2D eigenvalue weighted by Gasteiger charge is 2.28. The number of benzene rings is 1. The predicted molar refractivity (Wildman–Crippen MR) is 103 cm³/mol. The van der Waals surface area contributed by atoms with Crippen molar-refractivity contribution in [1.29, 1.82) is 0 Å². The van der Waals surface area contributed by atoms with Gasteiger partial charge in [-0.05, 0) is 36.5 Å². The molecule has 0 radical (unpaired) electrons. The molecule has 2 aromatic heterocycles. The van der Waals surface area contributed by atoms with Crippen molar-refractivity contribution in [3.63, 3.8) is 0 Å². The molecule has 2 atom stereocenters. The van der Waals surface area contributed by atoms with E-state index in [0.29, 0.717) is 28.0 Å². The number of hydrogen-bond acceptors (Lipinski definition) is 3. The van der Waals surface area contributed by atoms with E-state index in [4.69, 9.17) is 0 Å². The van der Waals surface area contributed by atoms with Gasteiger partial charge >= 0.3 is 0 Å². The quantitative estimate of drug-likeness (QED) is 0.662. The van der Waals surface area contributed by atoms with Crippen LogP contribution in [0.15, 0.2) is 30.3 Å². The lowest BCUT2D eigenvalue weighted by Gasteiger charge is -2.34. The second kappa shape index (κ2) is 6.50. The number of thiophene rings is 1. The summed E-state index contributed by atoms with van der Waals surface area (Å²) in [5.41, 5.74) is 1.06. The number of rotatable bonds is 2. The number of nitrogens with zero attached hydrogens (tertiary/aromatic N) is 3. The number of hydrogen-bond donors (Lipinski definition) is 0. The first-order chi connectivity index (χ1) is 12.4. The lowest BCUT2D eigenvalue weighted by molar-refractivity contribution is 0.0628. The first kappa shape index (κ1) is 17.2. The molecule has 1 fully saturated rings. The minimum atomic E-state index is -0.301. The van der Waals surface area contributed by atoms with Crippen LogP contribution in [0.2, 0.25) is 0 Å². The fraction of sp³-hybridized carbons (Fsp3) is 0.400. The molecule has 1 aromatic carbocycles. The highest BCUT2D eigenvalue weighted by atomic mass is 32.1. The number of halogens is 1. The standard InChI is InChI=1S/C20H22FN3OS/c1-12-8-13(2)11-24(10-12)19(25)17-9-15-18(22-23(3)20(15)26-17)14-6-4-5-7-16(14)21/h4-7,9,12-13H,8,10-11H2,1-3H3/t12-,13+. The number of aromatic nitrogens is 2. The van der Waals surface area contributed by atoms with Gasteiger partial charge in [-0.25, -0.2) is 4.39 Å². The third kappa shape index (κ3) is 2.92. The van der Waals surface area contributed by atoms with Gasteiger partial charge in [0.15, 0.2) is 0 Å². The fourth-order valence-corrected chi connectivity index (χ4v) is 5.02. The molecule has 1 aliphatic rings. The van der Waals surface area contributed by atoms with E-state index in [1.165, 1.54) is 17.4 Å². The fourth-order valence-electron chi connectivity index (χ4n) is 3.98. The van der Waals surface area contributed by atoms with Gasteiger partial charge in [0.1, 0.15) is 16.3 Å². The molecule has 4 nitrogen and oxygen atoms in total. The highest BCUT2D eigenvalue weighted by Crippen LogP contribution is 2.35. The van der Waals surface area contributed by atoms with Crippen LogP contribution >= 0.6 is 11.3 Å². The monoisotopic (exact) mass is 371 g/mol. The molecule has 0 saturated carbocycles. The third-order valence-electron chi connectivity index (χ3n) is 5.01. The molecule has 3 heterocycles. The number of aryl methyl sites for hydroxylation is 1. The highest BCUT2D eigenvalue weighted by molar-refractivity contribution is 7.20. The van der Waals surface area contributed by atoms with E-state index in [9.17, 15) is 9.18 Å². The van der Waals surface area contributed by atoms with E-state index in [2.05, 4.69) is 18.9 Å². The van der Waals surface area contributed by atoms with Gasteiger partial charge in [-0.2, -0.15) is 5.10 Å². The molecule has 136 valence electrons. The lowest BCUT2D eigenvalue weighted by Crippen LogP contribution is -2.42. The zero-order chi connectivity index (χ0) is 18.4. The molecular weight excluding hydrogens is 349 g/mol. The van der Waals surface area contributed by atoms with Crippen LogP contribution < -0.4 is 0 Å². The van der Waals surface area contributed by atoms with Crippen LogP contribution in [0.25, 0.3) is 21.5 Å². The van der Waals surface area contributed by atoms with E-state index in [-0.39, 0.29) is 11.7 Å². The number of amides is 1. The largest absolute Gasteiger partial charge is 0.337 e. The van der Waals surface area contributed by atoms with Gasteiger partial charge in [0.05, 0.1) is 4.88 Å². The molecule has 4 rings (SSSR count). The Bertz CT molecular complexity index is 967. The molecule has 0 aliphatic carbocycles. The molecule has 6 heteroatoms. The third-order valence-corrected chi connectivity index (χ3v) is 6.20. The molecular formula is C20H22FN3OS. The maximum absolute atomic E-state index is 14.2. The second-order valence-corrected chi connectivity index (χ2v) is 8.47. The number of piperidine rings is 1. The number of likely N-dealkylation sites (tertiary alicyclic amines) is 1. The Balaban J connectivity index is 1.73. The van der Waals surface area contributed by atoms with Crippen LogP contribution in [0.3, 0.4) is 0 Å². The van der Waals surface area contributed by atoms with E-state index < -0.39 is 0 Å². The first-order valence-corrected chi connectivity index (χ1v) is 9.76. The molecule has 1 aliphatic heterocycles. The van der Waals surface area contributed by atoms with Crippen LogP contribution in [-0.2, 0) is 7.05 Å². The van der Waals surface area contributed by atoms with Crippen LogP contribution in [0.1, 0.15) is 29.9 Å². The van der Waals surface area contributed by atoms with Crippen LogP contribution in [-0.4, -0.2) is 33.7 Å². The molecule has 0 bridgehead atoms. The normalized spacial score (nSPS) is 20.7. The average molecular weight is 371 g/mol. The molecule has 26 heavy (non-hydrogen) atoms. The number of carbonyl (C=O) groups excluding carboxylic acids is 1. The van der Waals surface area contributed by atoms with Gasteiger partial charge in [-0.1, -0.05) is 26.0 Å². The van der Waals surface area contributed by atoms with Gasteiger partial charge < -0.3 is 4.90 Å². The summed E-state index contributed by atoms with van der Waals surface area (Å²) < 4.78 is 16.0. The van der Waals surface area contributed by atoms with Gasteiger partial charge in [0, 0.05) is 31.1 Å². The van der Waals surface area contributed by atoms with Crippen LogP contribution in [0, 0.1) is 17.7 Å². The maximum atomic E-state index is 14.2. The minimum absolute atomic E-state index is 0.0732. The summed E-state index contributed by atoms with van der Waals surface area (Å²) in [4.78, 5) is 16.6. The Morgan fingerprint density at radius 3 is 2.62 bits per heavy atom. The van der Waals surface area contributed by atoms with Crippen molar-refractivity contribution in [3.05, 3.63) is 41.0 Å². The molecule has 3 aromatic rings. The van der Waals surface area contributed by atoms with Crippen molar-refractivity contribution in [2.24, 2.45) is 18.9 Å². The summed E-state index contributed by atoms with van der Waals surface area (Å²) in [6, 6.07) is 8.50. The van der Waals surface area contributed by atoms with E-state index >= 15 is 0 Å². The Kier molecular flexibility index (Phi) is 4.31. The Labute approximate surface area is 156 Å². The Morgan fingerprint density at radius 1 is 1.23 bits per heavy atom. The molecule has 0 spiro atoms. The summed E-state index contributed by atoms with van der Waals surface area (Å²) >= 11 is 1.44. The molecule has 0 unspecified atom stereocenters. The molecule has 0 N–H and O–H groups in total. The van der Waals surface area contributed by atoms with Crippen molar-refractivity contribution in [1.82, 2.24) is 14.7 Å². The SMILES string of the molecule is C[C@@H]1C[C@H](C)CN(C(=O)c2cc3c(-c4ccccc4F)nn(C)c3s2)C1. The van der Waals surface area contributed by atoms with Gasteiger partial charge in [-0.15, -0.1) is 11.3 Å². The van der Waals surface area contributed by atoms with E-state index in [0.717, 1.165) is 29.7 Å². The van der Waals surface area contributed by atoms with Crippen LogP contribution in [0.4, 0.5) is 4.39 Å². The predicted octanol–water partition coefficient (Wildman–Crippen LogP) is 4.56. The van der Waals surface area contributed by atoms with Crippen molar-refractivity contribution >= 4 is 27.5 Å². The Hall–Kier alpha value is -2.21. The average Bonchev–Trinajstić information content (AvgIpc) is 3.15. The smallest absolute Gasteiger partial charge is 0.264 e. The second-order valence-electron chi connectivity index (χ2n) is 7.44.